The van der Waals surface area contributed by atoms with E-state index in [1.54, 1.807) is 0 Å². The number of hydrogen-bond donors (Lipinski definition) is 1. The first-order valence-electron chi connectivity index (χ1n) is 5.18. The Bertz CT molecular complexity index is 765. The molecule has 7 heteroatoms. The lowest BCUT2D eigenvalue weighted by Crippen LogP contribution is -2.15. The highest BCUT2D eigenvalue weighted by atomic mass is 127. The third-order valence-electron chi connectivity index (χ3n) is 2.47. The maximum Gasteiger partial charge on any atom is 0.271 e. The molecule has 6 nitrogen and oxygen atoms in total. The predicted octanol–water partition coefficient (Wildman–Crippen LogP) is 1.50. The molecule has 0 spiro atoms. The Labute approximate surface area is 115 Å². The van der Waals surface area contributed by atoms with Gasteiger partial charge in [-0.15, -0.1) is 0 Å². The topological polar surface area (TPSA) is 84.7 Å². The van der Waals surface area contributed by atoms with Crippen molar-refractivity contribution in [2.24, 2.45) is 0 Å². The van der Waals surface area contributed by atoms with Crippen LogP contribution < -0.4 is 5.56 Å². The third-order valence-corrected chi connectivity index (χ3v) is 3.14. The first-order chi connectivity index (χ1) is 8.72. The summed E-state index contributed by atoms with van der Waals surface area (Å²) in [7, 11) is 0. The smallest absolute Gasteiger partial charge is 0.271 e. The molecule has 0 atom stereocenters. The normalized spacial score (nSPS) is 10.9. The number of rotatable bonds is 2. The van der Waals surface area contributed by atoms with Crippen molar-refractivity contribution in [2.45, 2.75) is 6.42 Å². The van der Waals surface area contributed by atoms with Gasteiger partial charge in [-0.3, -0.25) is 9.78 Å². The van der Waals surface area contributed by atoms with E-state index < -0.39 is 0 Å². The Kier molecular flexibility index (Phi) is 2.82. The van der Waals surface area contributed by atoms with Crippen LogP contribution in [0.2, 0.25) is 0 Å². The van der Waals surface area contributed by atoms with Gasteiger partial charge in [-0.2, -0.15) is 0 Å². The van der Waals surface area contributed by atoms with Crippen molar-refractivity contribution in [3.63, 3.8) is 0 Å². The third kappa shape index (κ3) is 2.13. The van der Waals surface area contributed by atoms with Crippen molar-refractivity contribution < 1.29 is 4.63 Å². The molecule has 0 amide bonds. The molecule has 1 N–H and O–H groups in total. The standard InChI is InChI=1S/C11H7IN4O2/c12-7-3-1-2-6(4-7)5-8-11(17)14-10-9(13-8)15-18-16-10/h1-4H,5H2,(H,14,16,17). The zero-order valence-electron chi connectivity index (χ0n) is 9.05. The maximum absolute atomic E-state index is 11.8. The van der Waals surface area contributed by atoms with Crippen LogP contribution >= 0.6 is 22.6 Å². The van der Waals surface area contributed by atoms with Gasteiger partial charge in [-0.25, -0.2) is 9.61 Å². The van der Waals surface area contributed by atoms with Crippen molar-refractivity contribution in [1.29, 1.82) is 0 Å². The summed E-state index contributed by atoms with van der Waals surface area (Å²) in [5, 5.41) is 7.15. The second-order valence-corrected chi connectivity index (χ2v) is 5.00. The summed E-state index contributed by atoms with van der Waals surface area (Å²) in [4.78, 5) is 18.5. The number of nitrogens with zero attached hydrogens (tertiary/aromatic N) is 3. The van der Waals surface area contributed by atoms with Crippen molar-refractivity contribution >= 4 is 33.9 Å². The zero-order chi connectivity index (χ0) is 12.5. The van der Waals surface area contributed by atoms with Crippen LogP contribution in [0.5, 0.6) is 0 Å². The first-order valence-corrected chi connectivity index (χ1v) is 6.26. The van der Waals surface area contributed by atoms with Crippen LogP contribution in [0.25, 0.3) is 11.3 Å². The summed E-state index contributed by atoms with van der Waals surface area (Å²) in [6, 6.07) is 7.90. The molecule has 0 aliphatic heterocycles. The van der Waals surface area contributed by atoms with Crippen molar-refractivity contribution in [1.82, 2.24) is 20.3 Å². The summed E-state index contributed by atoms with van der Waals surface area (Å²) in [6.07, 6.45) is 0.453. The van der Waals surface area contributed by atoms with Crippen LogP contribution in [0, 0.1) is 3.57 Å². The van der Waals surface area contributed by atoms with Gasteiger partial charge in [-0.1, -0.05) is 12.1 Å². The average molecular weight is 354 g/mol. The monoisotopic (exact) mass is 354 g/mol. The fourth-order valence-corrected chi connectivity index (χ4v) is 2.26. The van der Waals surface area contributed by atoms with Crippen LogP contribution in [-0.2, 0) is 6.42 Å². The van der Waals surface area contributed by atoms with Gasteiger partial charge in [-0.05, 0) is 50.6 Å². The maximum atomic E-state index is 11.8. The van der Waals surface area contributed by atoms with Crippen molar-refractivity contribution in [3.05, 3.63) is 49.4 Å². The number of aromatic amines is 1. The lowest BCUT2D eigenvalue weighted by molar-refractivity contribution is 0.314. The highest BCUT2D eigenvalue weighted by molar-refractivity contribution is 14.1. The van der Waals surface area contributed by atoms with Gasteiger partial charge >= 0.3 is 0 Å². The molecule has 0 aliphatic rings. The van der Waals surface area contributed by atoms with Crippen molar-refractivity contribution in [3.8, 4) is 0 Å². The first kappa shape index (κ1) is 11.3. The minimum Gasteiger partial charge on any atom is -0.299 e. The SMILES string of the molecule is O=c1[nH]c2nonc2nc1Cc1cccc(I)c1. The number of H-pyrrole nitrogens is 1. The van der Waals surface area contributed by atoms with E-state index in [4.69, 9.17) is 0 Å². The summed E-state index contributed by atoms with van der Waals surface area (Å²) in [5.74, 6) is 0. The molecule has 0 saturated carbocycles. The van der Waals surface area contributed by atoms with Crippen LogP contribution in [0.3, 0.4) is 0 Å². The van der Waals surface area contributed by atoms with Gasteiger partial charge < -0.3 is 0 Å². The van der Waals surface area contributed by atoms with Crippen LogP contribution in [0.15, 0.2) is 33.7 Å². The molecule has 2 heterocycles. The lowest BCUT2D eigenvalue weighted by Gasteiger charge is -2.00. The van der Waals surface area contributed by atoms with Gasteiger partial charge in [0.15, 0.2) is 0 Å². The number of aromatic nitrogens is 4. The van der Waals surface area contributed by atoms with E-state index in [2.05, 4.69) is 47.5 Å². The van der Waals surface area contributed by atoms with Gasteiger partial charge in [0.25, 0.3) is 5.56 Å². The quantitative estimate of drug-likeness (QED) is 0.705. The fraction of sp³-hybridized carbons (Fsp3) is 0.0909. The van der Waals surface area contributed by atoms with E-state index in [1.807, 2.05) is 24.3 Å². The molecule has 18 heavy (non-hydrogen) atoms. The molecule has 0 unspecified atom stereocenters. The number of benzene rings is 1. The largest absolute Gasteiger partial charge is 0.299 e. The predicted molar refractivity (Wildman–Crippen MR) is 72.2 cm³/mol. The molecule has 0 aliphatic carbocycles. The van der Waals surface area contributed by atoms with Crippen molar-refractivity contribution in [2.75, 3.05) is 0 Å². The molecule has 90 valence electrons. The van der Waals surface area contributed by atoms with Gasteiger partial charge in [0, 0.05) is 9.99 Å². The molecule has 2 aromatic heterocycles. The Morgan fingerprint density at radius 2 is 2.22 bits per heavy atom. The molecule has 1 aromatic carbocycles. The number of nitrogens with one attached hydrogen (secondary N) is 1. The Balaban J connectivity index is 2.04. The highest BCUT2D eigenvalue weighted by Gasteiger charge is 2.09. The van der Waals surface area contributed by atoms with E-state index in [0.29, 0.717) is 17.8 Å². The summed E-state index contributed by atoms with van der Waals surface area (Å²) in [5.41, 5.74) is 1.74. The highest BCUT2D eigenvalue weighted by Crippen LogP contribution is 2.10. The summed E-state index contributed by atoms with van der Waals surface area (Å²) >= 11 is 2.23. The second-order valence-electron chi connectivity index (χ2n) is 3.76. The molecular weight excluding hydrogens is 347 g/mol. The minimum absolute atomic E-state index is 0.267. The van der Waals surface area contributed by atoms with Gasteiger partial charge in [0.2, 0.25) is 11.3 Å². The summed E-state index contributed by atoms with van der Waals surface area (Å²) in [6.45, 7) is 0. The lowest BCUT2D eigenvalue weighted by atomic mass is 10.1. The molecule has 0 radical (unpaired) electrons. The van der Waals surface area contributed by atoms with Gasteiger partial charge in [0.05, 0.1) is 0 Å². The molecule has 0 saturated heterocycles. The Morgan fingerprint density at radius 1 is 1.33 bits per heavy atom. The fourth-order valence-electron chi connectivity index (χ4n) is 1.65. The second kappa shape index (κ2) is 4.48. The zero-order valence-corrected chi connectivity index (χ0v) is 11.2. The number of halogens is 1. The Hall–Kier alpha value is -1.77. The number of hydrogen-bond acceptors (Lipinski definition) is 5. The molecule has 3 aromatic rings. The summed E-state index contributed by atoms with van der Waals surface area (Å²) < 4.78 is 5.63. The van der Waals surface area contributed by atoms with Gasteiger partial charge in [0.1, 0.15) is 5.69 Å². The van der Waals surface area contributed by atoms with E-state index in [1.165, 1.54) is 0 Å². The molecule has 0 fully saturated rings. The van der Waals surface area contributed by atoms with E-state index >= 15 is 0 Å². The molecule has 0 bridgehead atoms. The van der Waals surface area contributed by atoms with E-state index in [0.717, 1.165) is 9.13 Å². The molecular formula is C11H7IN4O2. The molecule has 3 rings (SSSR count). The Morgan fingerprint density at radius 3 is 3.06 bits per heavy atom. The minimum atomic E-state index is -0.267. The van der Waals surface area contributed by atoms with E-state index in [-0.39, 0.29) is 11.2 Å². The van der Waals surface area contributed by atoms with E-state index in [9.17, 15) is 4.79 Å². The van der Waals surface area contributed by atoms with Crippen LogP contribution in [-0.4, -0.2) is 20.3 Å². The average Bonchev–Trinajstić information content (AvgIpc) is 2.76. The van der Waals surface area contributed by atoms with Crippen LogP contribution in [0.4, 0.5) is 0 Å². The number of fused-ring (bicyclic) bond motifs is 1. The van der Waals surface area contributed by atoms with Crippen LogP contribution in [0.1, 0.15) is 11.3 Å².